The molecule has 1 heterocycles. The number of carbonyl (C=O) groups excluding carboxylic acids is 1. The van der Waals surface area contributed by atoms with Crippen LogP contribution in [0.1, 0.15) is 25.3 Å². The Balaban J connectivity index is 2.45. The van der Waals surface area contributed by atoms with Crippen LogP contribution < -0.4 is 0 Å². The molecule has 0 saturated heterocycles. The molecule has 0 aromatic carbocycles. The predicted octanol–water partition coefficient (Wildman–Crippen LogP) is 3.97. The van der Waals surface area contributed by atoms with E-state index in [9.17, 15) is 4.79 Å². The maximum Gasteiger partial charge on any atom is 0.334 e. The Morgan fingerprint density at radius 3 is 2.79 bits per heavy atom. The van der Waals surface area contributed by atoms with Crippen LogP contribution >= 0.6 is 23.2 Å². The van der Waals surface area contributed by atoms with E-state index in [2.05, 4.69) is 4.98 Å². The maximum absolute atomic E-state index is 12.0. The normalized spacial score (nSPS) is 15.2. The van der Waals surface area contributed by atoms with Gasteiger partial charge in [-0.3, -0.25) is 0 Å². The molecule has 0 atom stereocenters. The number of pyridine rings is 1. The zero-order valence-electron chi connectivity index (χ0n) is 10.5. The molecule has 0 radical (unpaired) electrons. The summed E-state index contributed by atoms with van der Waals surface area (Å²) in [6.07, 6.45) is 4.65. The first-order valence-electron chi connectivity index (χ1n) is 6.00. The molecule has 100 valence electrons. The smallest absolute Gasteiger partial charge is 0.334 e. The molecule has 5 heteroatoms. The monoisotopic (exact) mass is 297 g/mol. The van der Waals surface area contributed by atoms with Crippen molar-refractivity contribution in [3.63, 3.8) is 0 Å². The van der Waals surface area contributed by atoms with Crippen LogP contribution in [0.5, 0.6) is 0 Å². The van der Waals surface area contributed by atoms with Gasteiger partial charge in [0.05, 0.1) is 6.61 Å². The molecule has 0 fully saturated rings. The number of rotatable bonds is 3. The van der Waals surface area contributed by atoms with Gasteiger partial charge in [0, 0.05) is 22.4 Å². The summed E-state index contributed by atoms with van der Waals surface area (Å²) in [4.78, 5) is 16.0. The van der Waals surface area contributed by atoms with E-state index in [4.69, 9.17) is 27.9 Å². The number of halogens is 2. The fourth-order valence-corrected chi connectivity index (χ4v) is 2.23. The second-order valence-electron chi connectivity index (χ2n) is 4.07. The SMILES string of the molecule is CCOC(=O)C1=C(c2ccc(Cl)nc2)C=C(Cl)CC1. The zero-order chi connectivity index (χ0) is 13.8. The van der Waals surface area contributed by atoms with Crippen LogP contribution in [-0.2, 0) is 9.53 Å². The van der Waals surface area contributed by atoms with E-state index in [-0.39, 0.29) is 5.97 Å². The molecular formula is C14H13Cl2NO2. The van der Waals surface area contributed by atoms with Crippen molar-refractivity contribution in [2.75, 3.05) is 6.61 Å². The Kier molecular flexibility index (Phi) is 4.61. The van der Waals surface area contributed by atoms with Crippen molar-refractivity contribution >= 4 is 34.7 Å². The number of allylic oxidation sites excluding steroid dienone is 3. The number of hydrogen-bond acceptors (Lipinski definition) is 3. The predicted molar refractivity (Wildman–Crippen MR) is 76.0 cm³/mol. The van der Waals surface area contributed by atoms with Crippen molar-refractivity contribution in [2.24, 2.45) is 0 Å². The van der Waals surface area contributed by atoms with E-state index >= 15 is 0 Å². The quantitative estimate of drug-likeness (QED) is 0.626. The second kappa shape index (κ2) is 6.22. The van der Waals surface area contributed by atoms with Gasteiger partial charge in [-0.2, -0.15) is 0 Å². The fourth-order valence-electron chi connectivity index (χ4n) is 1.92. The van der Waals surface area contributed by atoms with Gasteiger partial charge < -0.3 is 4.74 Å². The summed E-state index contributed by atoms with van der Waals surface area (Å²) in [5, 5.41) is 1.13. The molecule has 19 heavy (non-hydrogen) atoms. The van der Waals surface area contributed by atoms with Crippen LogP contribution in [0.3, 0.4) is 0 Å². The summed E-state index contributed by atoms with van der Waals surface area (Å²) in [6, 6.07) is 3.50. The Morgan fingerprint density at radius 2 is 2.16 bits per heavy atom. The Hall–Kier alpha value is -1.32. The lowest BCUT2D eigenvalue weighted by Crippen LogP contribution is -2.12. The highest BCUT2D eigenvalue weighted by atomic mass is 35.5. The van der Waals surface area contributed by atoms with Crippen LogP contribution in [0, 0.1) is 0 Å². The molecule has 0 aliphatic heterocycles. The van der Waals surface area contributed by atoms with Crippen molar-refractivity contribution in [3.8, 4) is 0 Å². The summed E-state index contributed by atoms with van der Waals surface area (Å²) >= 11 is 11.8. The molecule has 0 unspecified atom stereocenters. The fraction of sp³-hybridized carbons (Fsp3) is 0.286. The highest BCUT2D eigenvalue weighted by molar-refractivity contribution is 6.31. The van der Waals surface area contributed by atoms with Crippen molar-refractivity contribution in [3.05, 3.63) is 45.7 Å². The molecule has 0 saturated carbocycles. The molecule has 1 aromatic rings. The summed E-state index contributed by atoms with van der Waals surface area (Å²) < 4.78 is 5.08. The van der Waals surface area contributed by atoms with Crippen LogP contribution in [0.2, 0.25) is 5.15 Å². The van der Waals surface area contributed by atoms with Gasteiger partial charge in [0.2, 0.25) is 0 Å². The van der Waals surface area contributed by atoms with Gasteiger partial charge in [-0.25, -0.2) is 9.78 Å². The Bertz CT molecular complexity index is 547. The summed E-state index contributed by atoms with van der Waals surface area (Å²) in [7, 11) is 0. The van der Waals surface area contributed by atoms with Gasteiger partial charge in [-0.05, 0) is 43.5 Å². The first-order valence-corrected chi connectivity index (χ1v) is 6.75. The molecular weight excluding hydrogens is 285 g/mol. The van der Waals surface area contributed by atoms with Gasteiger partial charge >= 0.3 is 5.97 Å². The average Bonchev–Trinajstić information content (AvgIpc) is 2.39. The van der Waals surface area contributed by atoms with E-state index in [1.807, 2.05) is 6.07 Å². The summed E-state index contributed by atoms with van der Waals surface area (Å²) in [5.41, 5.74) is 2.21. The van der Waals surface area contributed by atoms with Gasteiger partial charge in [0.25, 0.3) is 0 Å². The molecule has 3 nitrogen and oxygen atoms in total. The van der Waals surface area contributed by atoms with Gasteiger partial charge in [-0.1, -0.05) is 23.2 Å². The number of hydrogen-bond donors (Lipinski definition) is 0. The number of carbonyl (C=O) groups is 1. The minimum Gasteiger partial charge on any atom is -0.463 e. The number of esters is 1. The third kappa shape index (κ3) is 3.37. The lowest BCUT2D eigenvalue weighted by atomic mass is 9.93. The average molecular weight is 298 g/mol. The van der Waals surface area contributed by atoms with Crippen molar-refractivity contribution in [2.45, 2.75) is 19.8 Å². The molecule has 2 rings (SSSR count). The highest BCUT2D eigenvalue weighted by Gasteiger charge is 2.21. The minimum atomic E-state index is -0.298. The molecule has 0 N–H and O–H groups in total. The van der Waals surface area contributed by atoms with Crippen LogP contribution in [-0.4, -0.2) is 17.6 Å². The highest BCUT2D eigenvalue weighted by Crippen LogP contribution is 2.33. The minimum absolute atomic E-state index is 0.298. The van der Waals surface area contributed by atoms with E-state index in [0.717, 1.165) is 16.2 Å². The van der Waals surface area contributed by atoms with Crippen molar-refractivity contribution in [1.82, 2.24) is 4.98 Å². The lowest BCUT2D eigenvalue weighted by molar-refractivity contribution is -0.138. The molecule has 1 aliphatic carbocycles. The molecule has 0 spiro atoms. The maximum atomic E-state index is 12.0. The van der Waals surface area contributed by atoms with Crippen LogP contribution in [0.15, 0.2) is 35.0 Å². The topological polar surface area (TPSA) is 39.2 Å². The first kappa shape index (κ1) is 14.1. The lowest BCUT2D eigenvalue weighted by Gasteiger charge is -2.16. The van der Waals surface area contributed by atoms with E-state index in [1.54, 1.807) is 25.3 Å². The summed E-state index contributed by atoms with van der Waals surface area (Å²) in [5.74, 6) is -0.298. The number of aromatic nitrogens is 1. The van der Waals surface area contributed by atoms with Crippen molar-refractivity contribution in [1.29, 1.82) is 0 Å². The number of ether oxygens (including phenoxy) is 1. The van der Waals surface area contributed by atoms with E-state index in [1.165, 1.54) is 0 Å². The first-order chi connectivity index (χ1) is 9.11. The summed E-state index contributed by atoms with van der Waals surface area (Å²) in [6.45, 7) is 2.14. The standard InChI is InChI=1S/C14H13Cl2NO2/c1-2-19-14(18)11-5-4-10(15)7-12(11)9-3-6-13(16)17-8-9/h3,6-8H,2,4-5H2,1H3. The molecule has 0 amide bonds. The van der Waals surface area contributed by atoms with E-state index in [0.29, 0.717) is 30.2 Å². The second-order valence-corrected chi connectivity index (χ2v) is 4.95. The zero-order valence-corrected chi connectivity index (χ0v) is 12.0. The van der Waals surface area contributed by atoms with Gasteiger partial charge in [0.15, 0.2) is 0 Å². The Labute approximate surface area is 121 Å². The van der Waals surface area contributed by atoms with Crippen LogP contribution in [0.25, 0.3) is 5.57 Å². The van der Waals surface area contributed by atoms with Gasteiger partial charge in [-0.15, -0.1) is 0 Å². The third-order valence-corrected chi connectivity index (χ3v) is 3.32. The van der Waals surface area contributed by atoms with E-state index < -0.39 is 0 Å². The molecule has 1 aliphatic rings. The Morgan fingerprint density at radius 1 is 1.37 bits per heavy atom. The largest absolute Gasteiger partial charge is 0.463 e. The number of nitrogens with zero attached hydrogens (tertiary/aromatic N) is 1. The van der Waals surface area contributed by atoms with Crippen LogP contribution in [0.4, 0.5) is 0 Å². The molecule has 1 aromatic heterocycles. The third-order valence-electron chi connectivity index (χ3n) is 2.80. The van der Waals surface area contributed by atoms with Crippen molar-refractivity contribution < 1.29 is 9.53 Å². The van der Waals surface area contributed by atoms with Gasteiger partial charge in [0.1, 0.15) is 5.15 Å². The molecule has 0 bridgehead atoms.